The van der Waals surface area contributed by atoms with Crippen LogP contribution in [-0.2, 0) is 17.5 Å². The van der Waals surface area contributed by atoms with Crippen molar-refractivity contribution in [3.05, 3.63) is 42.0 Å². The molecule has 0 fully saturated rings. The topological polar surface area (TPSA) is 61.5 Å². The fourth-order valence-corrected chi connectivity index (χ4v) is 2.38. The third kappa shape index (κ3) is 4.10. The lowest BCUT2D eigenvalue weighted by molar-refractivity contribution is -0.275. The Morgan fingerprint density at radius 3 is 2.44 bits per heavy atom. The first-order chi connectivity index (χ1) is 12.6. The molecule has 0 aliphatic heterocycles. The molecule has 2 aromatic heterocycles. The summed E-state index contributed by atoms with van der Waals surface area (Å²) in [6.07, 6.45) is -7.50. The molecule has 1 aromatic carbocycles. The van der Waals surface area contributed by atoms with Crippen molar-refractivity contribution >= 4 is 5.65 Å². The van der Waals surface area contributed by atoms with Crippen molar-refractivity contribution in [3.8, 4) is 17.0 Å². The second kappa shape index (κ2) is 6.68. The number of alkyl halides is 6. The normalized spacial score (nSPS) is 12.6. The van der Waals surface area contributed by atoms with Crippen LogP contribution in [0, 0.1) is 0 Å². The molecule has 0 bridgehead atoms. The zero-order valence-electron chi connectivity index (χ0n) is 13.5. The Morgan fingerprint density at radius 1 is 1.07 bits per heavy atom. The smallest absolute Gasteiger partial charge is 0.405 e. The Labute approximate surface area is 147 Å². The largest absolute Gasteiger partial charge is 0.573 e. The fourth-order valence-electron chi connectivity index (χ4n) is 2.38. The second-order valence-corrected chi connectivity index (χ2v) is 5.33. The average Bonchev–Trinajstić information content (AvgIpc) is 2.98. The quantitative estimate of drug-likeness (QED) is 0.631. The number of aromatic nitrogens is 4. The van der Waals surface area contributed by atoms with Gasteiger partial charge < -0.3 is 9.47 Å². The van der Waals surface area contributed by atoms with Gasteiger partial charge in [-0.1, -0.05) is 0 Å². The van der Waals surface area contributed by atoms with Crippen LogP contribution in [0.4, 0.5) is 26.3 Å². The van der Waals surface area contributed by atoms with Gasteiger partial charge in [-0.25, -0.2) is 0 Å². The van der Waals surface area contributed by atoms with Crippen molar-refractivity contribution in [1.82, 2.24) is 19.6 Å². The van der Waals surface area contributed by atoms with Gasteiger partial charge in [0.25, 0.3) is 0 Å². The molecule has 0 aliphatic rings. The Kier molecular flexibility index (Phi) is 4.68. The molecule has 0 saturated heterocycles. The number of nitrogens with zero attached hydrogens (tertiary/aromatic N) is 4. The van der Waals surface area contributed by atoms with Gasteiger partial charge in [-0.05, 0) is 18.2 Å². The van der Waals surface area contributed by atoms with Crippen molar-refractivity contribution in [3.63, 3.8) is 0 Å². The lowest BCUT2D eigenvalue weighted by Crippen LogP contribution is -2.18. The SMILES string of the molecule is COCc1cc(-c2cn3c(C(F)(F)F)nnc3cn2)ccc1OC(F)(F)F. The van der Waals surface area contributed by atoms with Crippen LogP contribution >= 0.6 is 0 Å². The number of rotatable bonds is 4. The number of hydrogen-bond acceptors (Lipinski definition) is 5. The molecule has 0 aliphatic carbocycles. The van der Waals surface area contributed by atoms with Gasteiger partial charge in [0.2, 0.25) is 5.82 Å². The molecule has 6 nitrogen and oxygen atoms in total. The summed E-state index contributed by atoms with van der Waals surface area (Å²) >= 11 is 0. The minimum atomic E-state index is -4.90. The summed E-state index contributed by atoms with van der Waals surface area (Å²) < 4.78 is 85.9. The van der Waals surface area contributed by atoms with Crippen molar-refractivity contribution in [1.29, 1.82) is 0 Å². The Balaban J connectivity index is 2.06. The highest BCUT2D eigenvalue weighted by Gasteiger charge is 2.37. The molecular weight excluding hydrogens is 382 g/mol. The van der Waals surface area contributed by atoms with Gasteiger partial charge in [-0.3, -0.25) is 9.38 Å². The van der Waals surface area contributed by atoms with E-state index in [4.69, 9.17) is 4.74 Å². The lowest BCUT2D eigenvalue weighted by atomic mass is 10.1. The first kappa shape index (κ1) is 18.9. The average molecular weight is 392 g/mol. The van der Waals surface area contributed by atoms with E-state index in [1.165, 1.54) is 19.2 Å². The van der Waals surface area contributed by atoms with E-state index in [9.17, 15) is 26.3 Å². The van der Waals surface area contributed by atoms with Gasteiger partial charge in [-0.2, -0.15) is 13.2 Å². The maximum Gasteiger partial charge on any atom is 0.573 e. The van der Waals surface area contributed by atoms with Crippen LogP contribution < -0.4 is 4.74 Å². The van der Waals surface area contributed by atoms with E-state index in [2.05, 4.69) is 19.9 Å². The molecule has 0 spiro atoms. The second-order valence-electron chi connectivity index (χ2n) is 5.33. The summed E-state index contributed by atoms with van der Waals surface area (Å²) in [5, 5.41) is 6.47. The molecule has 0 unspecified atom stereocenters. The summed E-state index contributed by atoms with van der Waals surface area (Å²) in [5.74, 6) is -1.72. The zero-order valence-corrected chi connectivity index (χ0v) is 13.5. The van der Waals surface area contributed by atoms with Crippen molar-refractivity contribution < 1.29 is 35.8 Å². The predicted octanol–water partition coefficient (Wildman–Crippen LogP) is 3.86. The van der Waals surface area contributed by atoms with E-state index >= 15 is 0 Å². The van der Waals surface area contributed by atoms with E-state index < -0.39 is 24.1 Å². The minimum Gasteiger partial charge on any atom is -0.405 e. The monoisotopic (exact) mass is 392 g/mol. The van der Waals surface area contributed by atoms with Crippen LogP contribution in [0.15, 0.2) is 30.6 Å². The van der Waals surface area contributed by atoms with Gasteiger partial charge in [0.15, 0.2) is 5.65 Å². The van der Waals surface area contributed by atoms with Crippen molar-refractivity contribution in [2.75, 3.05) is 7.11 Å². The summed E-state index contributed by atoms with van der Waals surface area (Å²) in [4.78, 5) is 3.98. The highest BCUT2D eigenvalue weighted by Crippen LogP contribution is 2.32. The zero-order chi connectivity index (χ0) is 19.8. The third-order valence-electron chi connectivity index (χ3n) is 3.43. The fraction of sp³-hybridized carbons (Fsp3) is 0.267. The van der Waals surface area contributed by atoms with E-state index in [0.717, 1.165) is 18.5 Å². The molecule has 12 heteroatoms. The molecule has 27 heavy (non-hydrogen) atoms. The Hall–Kier alpha value is -2.89. The van der Waals surface area contributed by atoms with Gasteiger partial charge in [-0.15, -0.1) is 23.4 Å². The van der Waals surface area contributed by atoms with E-state index in [1.54, 1.807) is 0 Å². The predicted molar refractivity (Wildman–Crippen MR) is 78.6 cm³/mol. The molecule has 2 heterocycles. The Morgan fingerprint density at radius 2 is 1.81 bits per heavy atom. The van der Waals surface area contributed by atoms with Crippen LogP contribution in [0.5, 0.6) is 5.75 Å². The number of benzene rings is 1. The van der Waals surface area contributed by atoms with Crippen LogP contribution in [-0.4, -0.2) is 33.1 Å². The van der Waals surface area contributed by atoms with Crippen LogP contribution in [0.25, 0.3) is 16.9 Å². The first-order valence-corrected chi connectivity index (χ1v) is 7.24. The standard InChI is InChI=1S/C15H10F6N4O2/c1-26-7-9-4-8(2-3-11(9)27-15(19,20)21)10-6-25-12(5-22-10)23-24-13(25)14(16,17)18/h2-6H,7H2,1H3. The number of halogens is 6. The number of methoxy groups -OCH3 is 1. The molecule has 0 saturated carbocycles. The summed E-state index contributed by atoms with van der Waals surface area (Å²) in [6.45, 7) is -0.206. The maximum absolute atomic E-state index is 13.0. The molecule has 3 rings (SSSR count). The van der Waals surface area contributed by atoms with Gasteiger partial charge in [0.05, 0.1) is 18.5 Å². The van der Waals surface area contributed by atoms with Crippen LogP contribution in [0.1, 0.15) is 11.4 Å². The van der Waals surface area contributed by atoms with Crippen molar-refractivity contribution in [2.24, 2.45) is 0 Å². The van der Waals surface area contributed by atoms with E-state index in [1.807, 2.05) is 0 Å². The molecule has 0 N–H and O–H groups in total. The lowest BCUT2D eigenvalue weighted by Gasteiger charge is -2.14. The van der Waals surface area contributed by atoms with E-state index in [0.29, 0.717) is 4.40 Å². The highest BCUT2D eigenvalue weighted by molar-refractivity contribution is 5.62. The van der Waals surface area contributed by atoms with Gasteiger partial charge in [0, 0.05) is 24.4 Å². The molecule has 3 aromatic rings. The van der Waals surface area contributed by atoms with Crippen molar-refractivity contribution in [2.45, 2.75) is 19.1 Å². The summed E-state index contributed by atoms with van der Waals surface area (Å²) in [6, 6.07) is 3.57. The van der Waals surface area contributed by atoms with Crippen LogP contribution in [0.3, 0.4) is 0 Å². The molecule has 0 atom stereocenters. The molecule has 0 radical (unpaired) electrons. The molecule has 144 valence electrons. The van der Waals surface area contributed by atoms with Gasteiger partial charge in [0.1, 0.15) is 5.75 Å². The number of fused-ring (bicyclic) bond motifs is 1. The van der Waals surface area contributed by atoms with Gasteiger partial charge >= 0.3 is 12.5 Å². The third-order valence-corrected chi connectivity index (χ3v) is 3.43. The summed E-state index contributed by atoms with van der Waals surface area (Å²) in [5.41, 5.74) is 0.262. The maximum atomic E-state index is 13.0. The number of hydrogen-bond donors (Lipinski definition) is 0. The summed E-state index contributed by atoms with van der Waals surface area (Å²) in [7, 11) is 1.28. The Bertz CT molecular complexity index is 967. The minimum absolute atomic E-state index is 0.0500. The van der Waals surface area contributed by atoms with Crippen LogP contribution in [0.2, 0.25) is 0 Å². The van der Waals surface area contributed by atoms with E-state index in [-0.39, 0.29) is 29.1 Å². The highest BCUT2D eigenvalue weighted by atomic mass is 19.4. The first-order valence-electron chi connectivity index (χ1n) is 7.24. The molecular formula is C15H10F6N4O2. The number of ether oxygens (including phenoxy) is 2. The molecule has 0 amide bonds.